The summed E-state index contributed by atoms with van der Waals surface area (Å²) in [4.78, 5) is 1.99. The first-order valence-corrected chi connectivity index (χ1v) is 6.03. The van der Waals surface area contributed by atoms with E-state index < -0.39 is 0 Å². The Morgan fingerprint density at radius 2 is 2.35 bits per heavy atom. The van der Waals surface area contributed by atoms with Crippen LogP contribution in [-0.4, -0.2) is 24.8 Å². The highest BCUT2D eigenvalue weighted by atomic mass is 19.1. The number of hydrogen-bond donors (Lipinski definition) is 2. The average molecular weight is 238 g/mol. The molecule has 0 aromatic heterocycles. The first-order valence-electron chi connectivity index (χ1n) is 6.03. The van der Waals surface area contributed by atoms with E-state index in [1.54, 1.807) is 6.07 Å². The molecule has 0 aliphatic carbocycles. The molecule has 3 N–H and O–H groups in total. The summed E-state index contributed by atoms with van der Waals surface area (Å²) in [6.45, 7) is 3.51. The second kappa shape index (κ2) is 5.02. The molecule has 4 heteroatoms. The average Bonchev–Trinajstić information content (AvgIpc) is 2.76. The summed E-state index contributed by atoms with van der Waals surface area (Å²) in [5.74, 6) is 0.0222. The van der Waals surface area contributed by atoms with Crippen LogP contribution in [0.25, 0.3) is 0 Å². The van der Waals surface area contributed by atoms with Crippen molar-refractivity contribution in [3.05, 3.63) is 29.6 Å². The molecule has 0 radical (unpaired) electrons. The van der Waals surface area contributed by atoms with Gasteiger partial charge >= 0.3 is 0 Å². The van der Waals surface area contributed by atoms with E-state index in [-0.39, 0.29) is 24.4 Å². The smallest absolute Gasteiger partial charge is 0.146 e. The second-order valence-electron chi connectivity index (χ2n) is 4.75. The van der Waals surface area contributed by atoms with E-state index in [4.69, 9.17) is 10.8 Å². The topological polar surface area (TPSA) is 49.5 Å². The number of hydrogen-bond acceptors (Lipinski definition) is 3. The van der Waals surface area contributed by atoms with Gasteiger partial charge < -0.3 is 15.7 Å². The minimum absolute atomic E-state index is 0.165. The molecule has 0 spiro atoms. The predicted molar refractivity (Wildman–Crippen MR) is 66.4 cm³/mol. The number of nitrogens with zero attached hydrogens (tertiary/aromatic N) is 1. The first-order chi connectivity index (χ1) is 8.13. The Morgan fingerprint density at radius 3 is 2.94 bits per heavy atom. The number of anilines is 1. The van der Waals surface area contributed by atoms with Gasteiger partial charge in [0.1, 0.15) is 5.82 Å². The lowest BCUT2D eigenvalue weighted by Gasteiger charge is -2.24. The number of aliphatic hydroxyl groups excluding tert-OH is 1. The van der Waals surface area contributed by atoms with Crippen molar-refractivity contribution in [2.75, 3.05) is 24.6 Å². The molecule has 1 aromatic rings. The number of rotatable bonds is 3. The standard InChI is InChI=1S/C13H19FN2O/c1-9(15)11-3-2-4-12(14)13(11)16-6-5-10(7-16)8-17/h2-4,9-10,17H,5-8,15H2,1H3/t9-,10?/m0/s1. The van der Waals surface area contributed by atoms with Gasteiger partial charge in [0.05, 0.1) is 5.69 Å². The zero-order chi connectivity index (χ0) is 12.4. The number of aliphatic hydroxyl groups is 1. The fourth-order valence-corrected chi connectivity index (χ4v) is 2.42. The lowest BCUT2D eigenvalue weighted by Crippen LogP contribution is -2.24. The summed E-state index contributed by atoms with van der Waals surface area (Å²) in [6, 6.07) is 4.84. The second-order valence-corrected chi connectivity index (χ2v) is 4.75. The van der Waals surface area contributed by atoms with E-state index in [1.165, 1.54) is 6.07 Å². The van der Waals surface area contributed by atoms with E-state index in [1.807, 2.05) is 17.9 Å². The van der Waals surface area contributed by atoms with Crippen LogP contribution in [0.15, 0.2) is 18.2 Å². The number of nitrogens with two attached hydrogens (primary N) is 1. The van der Waals surface area contributed by atoms with Crippen LogP contribution in [0.3, 0.4) is 0 Å². The summed E-state index contributed by atoms with van der Waals surface area (Å²) in [5, 5.41) is 9.13. The minimum Gasteiger partial charge on any atom is -0.396 e. The van der Waals surface area contributed by atoms with Crippen molar-refractivity contribution < 1.29 is 9.50 Å². The lowest BCUT2D eigenvalue weighted by molar-refractivity contribution is 0.238. The van der Waals surface area contributed by atoms with Crippen molar-refractivity contribution in [1.29, 1.82) is 0 Å². The highest BCUT2D eigenvalue weighted by molar-refractivity contribution is 5.56. The van der Waals surface area contributed by atoms with Crippen LogP contribution in [0.1, 0.15) is 24.9 Å². The Bertz CT molecular complexity index is 395. The monoisotopic (exact) mass is 238 g/mol. The molecular weight excluding hydrogens is 219 g/mol. The van der Waals surface area contributed by atoms with Crippen molar-refractivity contribution >= 4 is 5.69 Å². The molecule has 1 unspecified atom stereocenters. The molecule has 1 saturated heterocycles. The van der Waals surface area contributed by atoms with Crippen LogP contribution in [0.5, 0.6) is 0 Å². The molecule has 0 bridgehead atoms. The summed E-state index contributed by atoms with van der Waals surface area (Å²) < 4.78 is 13.9. The maximum Gasteiger partial charge on any atom is 0.146 e. The maximum atomic E-state index is 13.9. The van der Waals surface area contributed by atoms with Crippen LogP contribution in [0.2, 0.25) is 0 Å². The first kappa shape index (κ1) is 12.3. The molecule has 17 heavy (non-hydrogen) atoms. The van der Waals surface area contributed by atoms with Crippen molar-refractivity contribution in [2.24, 2.45) is 11.7 Å². The number of halogens is 1. The quantitative estimate of drug-likeness (QED) is 0.842. The fraction of sp³-hybridized carbons (Fsp3) is 0.538. The van der Waals surface area contributed by atoms with E-state index in [0.717, 1.165) is 18.5 Å². The molecule has 2 rings (SSSR count). The van der Waals surface area contributed by atoms with Crippen molar-refractivity contribution in [1.82, 2.24) is 0 Å². The molecule has 1 heterocycles. The molecule has 1 aliphatic heterocycles. The molecule has 2 atom stereocenters. The SMILES string of the molecule is C[C@H](N)c1cccc(F)c1N1CCC(CO)C1. The van der Waals surface area contributed by atoms with Crippen LogP contribution in [0, 0.1) is 11.7 Å². The Balaban J connectivity index is 2.31. The van der Waals surface area contributed by atoms with Crippen molar-refractivity contribution in [3.8, 4) is 0 Å². The van der Waals surface area contributed by atoms with Crippen LogP contribution >= 0.6 is 0 Å². The van der Waals surface area contributed by atoms with Gasteiger partial charge in [-0.2, -0.15) is 0 Å². The van der Waals surface area contributed by atoms with Gasteiger partial charge in [-0.1, -0.05) is 12.1 Å². The number of benzene rings is 1. The summed E-state index contributed by atoms with van der Waals surface area (Å²) >= 11 is 0. The van der Waals surface area contributed by atoms with E-state index in [0.29, 0.717) is 12.2 Å². The van der Waals surface area contributed by atoms with Crippen molar-refractivity contribution in [2.45, 2.75) is 19.4 Å². The third kappa shape index (κ3) is 2.42. The molecule has 94 valence electrons. The van der Waals surface area contributed by atoms with E-state index in [9.17, 15) is 4.39 Å². The molecule has 3 nitrogen and oxygen atoms in total. The van der Waals surface area contributed by atoms with Gasteiger partial charge in [-0.15, -0.1) is 0 Å². The van der Waals surface area contributed by atoms with Gasteiger partial charge in [-0.25, -0.2) is 4.39 Å². The third-order valence-corrected chi connectivity index (χ3v) is 3.37. The third-order valence-electron chi connectivity index (χ3n) is 3.37. The lowest BCUT2D eigenvalue weighted by atomic mass is 10.1. The van der Waals surface area contributed by atoms with Gasteiger partial charge in [0.25, 0.3) is 0 Å². The van der Waals surface area contributed by atoms with Crippen LogP contribution < -0.4 is 10.6 Å². The molecule has 1 fully saturated rings. The maximum absolute atomic E-state index is 13.9. The zero-order valence-electron chi connectivity index (χ0n) is 10.1. The van der Waals surface area contributed by atoms with E-state index in [2.05, 4.69) is 0 Å². The molecule has 0 saturated carbocycles. The van der Waals surface area contributed by atoms with Gasteiger partial charge in [0, 0.05) is 31.7 Å². The Hall–Kier alpha value is -1.13. The number of para-hydroxylation sites is 1. The Labute approximate surface area is 101 Å². The van der Waals surface area contributed by atoms with Crippen molar-refractivity contribution in [3.63, 3.8) is 0 Å². The fourth-order valence-electron chi connectivity index (χ4n) is 2.42. The Kier molecular flexibility index (Phi) is 3.64. The van der Waals surface area contributed by atoms with Crippen LogP contribution in [0.4, 0.5) is 10.1 Å². The molecule has 0 amide bonds. The predicted octanol–water partition coefficient (Wildman–Crippen LogP) is 1.66. The molecular formula is C13H19FN2O. The van der Waals surface area contributed by atoms with Crippen LogP contribution in [-0.2, 0) is 0 Å². The van der Waals surface area contributed by atoms with Gasteiger partial charge in [0.2, 0.25) is 0 Å². The summed E-state index contributed by atoms with van der Waals surface area (Å²) in [7, 11) is 0. The van der Waals surface area contributed by atoms with Gasteiger partial charge in [0.15, 0.2) is 0 Å². The zero-order valence-corrected chi connectivity index (χ0v) is 10.1. The normalized spacial score (nSPS) is 21.9. The Morgan fingerprint density at radius 1 is 1.59 bits per heavy atom. The highest BCUT2D eigenvalue weighted by Gasteiger charge is 2.26. The largest absolute Gasteiger partial charge is 0.396 e. The summed E-state index contributed by atoms with van der Waals surface area (Å²) in [5.41, 5.74) is 7.32. The molecule has 1 aromatic carbocycles. The highest BCUT2D eigenvalue weighted by Crippen LogP contribution is 2.32. The van der Waals surface area contributed by atoms with E-state index >= 15 is 0 Å². The molecule has 1 aliphatic rings. The summed E-state index contributed by atoms with van der Waals surface area (Å²) in [6.07, 6.45) is 0.906. The van der Waals surface area contributed by atoms with Gasteiger partial charge in [-0.05, 0) is 25.0 Å². The van der Waals surface area contributed by atoms with Gasteiger partial charge in [-0.3, -0.25) is 0 Å². The minimum atomic E-state index is -0.224.